The number of nitrogens with one attached hydrogen (secondary N) is 1. The van der Waals surface area contributed by atoms with Crippen LogP contribution < -0.4 is 5.32 Å². The van der Waals surface area contributed by atoms with Crippen LogP contribution in [0.2, 0.25) is 0 Å². The molecule has 32 heavy (non-hydrogen) atoms. The third-order valence-electron chi connectivity index (χ3n) is 5.58. The van der Waals surface area contributed by atoms with Crippen LogP contribution in [0.25, 0.3) is 0 Å². The fraction of sp³-hybridized carbons (Fsp3) is 0.654. The van der Waals surface area contributed by atoms with Crippen molar-refractivity contribution in [3.05, 3.63) is 34.9 Å². The average molecular weight is 459 g/mol. The third-order valence-corrected chi connectivity index (χ3v) is 6.36. The van der Waals surface area contributed by atoms with Crippen LogP contribution in [0, 0.1) is 17.8 Å². The molecule has 0 saturated carbocycles. The molecule has 1 heterocycles. The molecule has 1 aromatic heterocycles. The second-order valence-electron chi connectivity index (χ2n) is 9.64. The quantitative estimate of drug-likeness (QED) is 0.402. The molecular formula is C26H42N4OS. The summed E-state index contributed by atoms with van der Waals surface area (Å²) in [5.74, 6) is 1.09. The van der Waals surface area contributed by atoms with Gasteiger partial charge >= 0.3 is 0 Å². The molecule has 178 valence electrons. The fourth-order valence-electron chi connectivity index (χ4n) is 3.90. The van der Waals surface area contributed by atoms with Crippen molar-refractivity contribution in [3.63, 3.8) is 0 Å². The molecule has 0 spiro atoms. The SMILES string of the molecule is CCN(CC(C)CC1=CC(C)CC=C1)C(=O)C(=Nc1nc(CCNC(C)C)cs1)C(C)C. The molecule has 1 amide bonds. The number of nitrogens with zero attached hydrogens (tertiary/aromatic N) is 3. The van der Waals surface area contributed by atoms with Gasteiger partial charge in [-0.3, -0.25) is 4.79 Å². The summed E-state index contributed by atoms with van der Waals surface area (Å²) in [6, 6.07) is 0.465. The minimum absolute atomic E-state index is 0.0362. The summed E-state index contributed by atoms with van der Waals surface area (Å²) in [4.78, 5) is 24.7. The molecule has 6 heteroatoms. The van der Waals surface area contributed by atoms with E-state index in [1.54, 1.807) is 0 Å². The van der Waals surface area contributed by atoms with Crippen LogP contribution in [0.15, 0.2) is 34.2 Å². The van der Waals surface area contributed by atoms with E-state index in [0.717, 1.165) is 38.0 Å². The van der Waals surface area contributed by atoms with E-state index < -0.39 is 0 Å². The molecule has 1 aliphatic carbocycles. The second-order valence-corrected chi connectivity index (χ2v) is 10.5. The first-order chi connectivity index (χ1) is 15.2. The van der Waals surface area contributed by atoms with Gasteiger partial charge in [-0.05, 0) is 31.6 Å². The zero-order valence-electron chi connectivity index (χ0n) is 21.0. The number of hydrogen-bond acceptors (Lipinski definition) is 5. The monoisotopic (exact) mass is 458 g/mol. The van der Waals surface area contributed by atoms with Crippen molar-refractivity contribution in [1.29, 1.82) is 0 Å². The van der Waals surface area contributed by atoms with Gasteiger partial charge in [0.15, 0.2) is 0 Å². The van der Waals surface area contributed by atoms with Crippen LogP contribution in [0.1, 0.15) is 67.0 Å². The summed E-state index contributed by atoms with van der Waals surface area (Å²) < 4.78 is 0. The molecule has 0 aliphatic heterocycles. The van der Waals surface area contributed by atoms with Crippen LogP contribution in [0.5, 0.6) is 0 Å². The maximum absolute atomic E-state index is 13.4. The molecule has 0 bridgehead atoms. The van der Waals surface area contributed by atoms with Crippen molar-refractivity contribution in [1.82, 2.24) is 15.2 Å². The van der Waals surface area contributed by atoms with Crippen molar-refractivity contribution in [2.45, 2.75) is 73.8 Å². The first kappa shape index (κ1) is 26.5. The number of amides is 1. The number of hydrogen-bond donors (Lipinski definition) is 1. The van der Waals surface area contributed by atoms with Gasteiger partial charge in [-0.1, -0.05) is 65.3 Å². The van der Waals surface area contributed by atoms with Crippen molar-refractivity contribution in [3.8, 4) is 0 Å². The van der Waals surface area contributed by atoms with E-state index in [2.05, 4.69) is 61.6 Å². The Morgan fingerprint density at radius 2 is 2.06 bits per heavy atom. The lowest BCUT2D eigenvalue weighted by molar-refractivity contribution is -0.124. The highest BCUT2D eigenvalue weighted by molar-refractivity contribution is 7.13. The minimum Gasteiger partial charge on any atom is -0.338 e. The number of aromatic nitrogens is 1. The molecular weight excluding hydrogens is 416 g/mol. The van der Waals surface area contributed by atoms with E-state index >= 15 is 0 Å². The Kier molecular flexibility index (Phi) is 10.8. The predicted molar refractivity (Wildman–Crippen MR) is 138 cm³/mol. The molecule has 1 N–H and O–H groups in total. The van der Waals surface area contributed by atoms with Crippen LogP contribution in [0.4, 0.5) is 5.13 Å². The zero-order chi connectivity index (χ0) is 23.7. The molecule has 2 rings (SSSR count). The van der Waals surface area contributed by atoms with Crippen LogP contribution >= 0.6 is 11.3 Å². The van der Waals surface area contributed by atoms with E-state index in [0.29, 0.717) is 35.3 Å². The number of carbonyl (C=O) groups is 1. The summed E-state index contributed by atoms with van der Waals surface area (Å²) >= 11 is 1.52. The maximum Gasteiger partial charge on any atom is 0.268 e. The van der Waals surface area contributed by atoms with Crippen LogP contribution in [-0.4, -0.2) is 47.2 Å². The summed E-state index contributed by atoms with van der Waals surface area (Å²) in [5.41, 5.74) is 3.02. The van der Waals surface area contributed by atoms with E-state index in [1.165, 1.54) is 16.9 Å². The highest BCUT2D eigenvalue weighted by atomic mass is 32.1. The van der Waals surface area contributed by atoms with E-state index in [9.17, 15) is 4.79 Å². The lowest BCUT2D eigenvalue weighted by Gasteiger charge is -2.27. The van der Waals surface area contributed by atoms with E-state index in [1.807, 2.05) is 25.7 Å². The molecule has 0 fully saturated rings. The molecule has 2 atom stereocenters. The second kappa shape index (κ2) is 13.0. The standard InChI is InChI=1S/C26H42N4OS/c1-8-30(16-21(7)15-22-11-9-10-20(6)14-22)25(31)24(18(2)3)29-26-28-23(17-32-26)12-13-27-19(4)5/h9,11,14,17-21,27H,8,10,12-13,15-16H2,1-7H3. The minimum atomic E-state index is 0.0362. The number of aliphatic imine (C=N–C) groups is 1. The Morgan fingerprint density at radius 1 is 1.31 bits per heavy atom. The van der Waals surface area contributed by atoms with Crippen LogP contribution in [-0.2, 0) is 11.2 Å². The van der Waals surface area contributed by atoms with Gasteiger partial charge in [0.2, 0.25) is 5.13 Å². The largest absolute Gasteiger partial charge is 0.338 e. The number of carbonyl (C=O) groups excluding carboxylic acids is 1. The van der Waals surface area contributed by atoms with Gasteiger partial charge in [0.1, 0.15) is 5.71 Å². The van der Waals surface area contributed by atoms with E-state index in [4.69, 9.17) is 4.99 Å². The summed E-state index contributed by atoms with van der Waals surface area (Å²) in [5, 5.41) is 6.14. The average Bonchev–Trinajstić information content (AvgIpc) is 3.16. The van der Waals surface area contributed by atoms with Gasteiger partial charge in [-0.25, -0.2) is 9.98 Å². The van der Waals surface area contributed by atoms with Crippen molar-refractivity contribution in [2.75, 3.05) is 19.6 Å². The predicted octanol–water partition coefficient (Wildman–Crippen LogP) is 5.81. The molecule has 0 saturated heterocycles. The van der Waals surface area contributed by atoms with Gasteiger partial charge < -0.3 is 10.2 Å². The Labute approximate surface area is 199 Å². The number of rotatable bonds is 12. The van der Waals surface area contributed by atoms with Gasteiger partial charge in [0.25, 0.3) is 5.91 Å². The smallest absolute Gasteiger partial charge is 0.268 e. The normalized spacial score (nSPS) is 17.7. The molecule has 0 radical (unpaired) electrons. The topological polar surface area (TPSA) is 57.6 Å². The van der Waals surface area contributed by atoms with Crippen molar-refractivity contribution < 1.29 is 4.79 Å². The zero-order valence-corrected chi connectivity index (χ0v) is 21.8. The Bertz CT molecular complexity index is 822. The summed E-state index contributed by atoms with van der Waals surface area (Å²) in [6.45, 7) is 17.2. The summed E-state index contributed by atoms with van der Waals surface area (Å²) in [6.07, 6.45) is 9.87. The third kappa shape index (κ3) is 8.62. The molecule has 1 aromatic rings. The van der Waals surface area contributed by atoms with Crippen LogP contribution in [0.3, 0.4) is 0 Å². The van der Waals surface area contributed by atoms with Crippen molar-refractivity contribution in [2.24, 2.45) is 22.7 Å². The maximum atomic E-state index is 13.4. The molecule has 5 nitrogen and oxygen atoms in total. The Hall–Kier alpha value is -1.79. The van der Waals surface area contributed by atoms with Gasteiger partial charge in [-0.2, -0.15) is 0 Å². The lowest BCUT2D eigenvalue weighted by Crippen LogP contribution is -2.41. The lowest BCUT2D eigenvalue weighted by atomic mass is 9.92. The Morgan fingerprint density at radius 3 is 2.69 bits per heavy atom. The molecule has 1 aliphatic rings. The van der Waals surface area contributed by atoms with Gasteiger partial charge in [0, 0.05) is 43.4 Å². The fourth-order valence-corrected chi connectivity index (χ4v) is 4.63. The Balaban J connectivity index is 2.05. The first-order valence-corrected chi connectivity index (χ1v) is 13.0. The molecule has 0 aromatic carbocycles. The first-order valence-electron chi connectivity index (χ1n) is 12.1. The number of allylic oxidation sites excluding steroid dienone is 4. The van der Waals surface area contributed by atoms with Gasteiger partial charge in [-0.15, -0.1) is 11.3 Å². The van der Waals surface area contributed by atoms with Crippen molar-refractivity contribution >= 4 is 28.1 Å². The van der Waals surface area contributed by atoms with Gasteiger partial charge in [0.05, 0.1) is 5.69 Å². The number of thiazole rings is 1. The van der Waals surface area contributed by atoms with E-state index in [-0.39, 0.29) is 11.8 Å². The summed E-state index contributed by atoms with van der Waals surface area (Å²) in [7, 11) is 0. The highest BCUT2D eigenvalue weighted by Gasteiger charge is 2.24. The highest BCUT2D eigenvalue weighted by Crippen LogP contribution is 2.24. The molecule has 2 unspecified atom stereocenters.